The van der Waals surface area contributed by atoms with E-state index in [0.29, 0.717) is 6.61 Å². The van der Waals surface area contributed by atoms with Crippen LogP contribution in [0.3, 0.4) is 0 Å². The molecule has 0 spiro atoms. The van der Waals surface area contributed by atoms with Crippen LogP contribution in [0, 0.1) is 0 Å². The molecule has 1 atom stereocenters. The van der Waals surface area contributed by atoms with E-state index in [9.17, 15) is 0 Å². The smallest absolute Gasteiger partial charge is 0.125 e. The molecule has 56 valence electrons. The SMILES string of the molecule is COCC(N)c1ncc[nH]1. The fourth-order valence-electron chi connectivity index (χ4n) is 0.739. The lowest BCUT2D eigenvalue weighted by atomic mass is 10.3. The van der Waals surface area contributed by atoms with Gasteiger partial charge in [-0.25, -0.2) is 4.98 Å². The Balaban J connectivity index is 2.50. The van der Waals surface area contributed by atoms with Crippen molar-refractivity contribution in [3.05, 3.63) is 18.2 Å². The van der Waals surface area contributed by atoms with Crippen LogP contribution >= 0.6 is 0 Å². The third-order valence-corrected chi connectivity index (χ3v) is 1.22. The monoisotopic (exact) mass is 141 g/mol. The fourth-order valence-corrected chi connectivity index (χ4v) is 0.739. The normalized spacial score (nSPS) is 13.4. The average molecular weight is 141 g/mol. The highest BCUT2D eigenvalue weighted by atomic mass is 16.5. The van der Waals surface area contributed by atoms with Crippen molar-refractivity contribution in [2.24, 2.45) is 5.73 Å². The molecule has 10 heavy (non-hydrogen) atoms. The Morgan fingerprint density at radius 3 is 3.20 bits per heavy atom. The van der Waals surface area contributed by atoms with E-state index < -0.39 is 0 Å². The van der Waals surface area contributed by atoms with E-state index in [1.54, 1.807) is 19.5 Å². The van der Waals surface area contributed by atoms with Gasteiger partial charge in [0.2, 0.25) is 0 Å². The Labute approximate surface area is 59.4 Å². The number of hydrogen-bond donors (Lipinski definition) is 2. The van der Waals surface area contributed by atoms with Crippen LogP contribution in [-0.4, -0.2) is 23.7 Å². The number of hydrogen-bond acceptors (Lipinski definition) is 3. The van der Waals surface area contributed by atoms with Gasteiger partial charge in [0, 0.05) is 19.5 Å². The molecule has 0 fully saturated rings. The zero-order valence-corrected chi connectivity index (χ0v) is 5.87. The number of aromatic nitrogens is 2. The number of H-pyrrole nitrogens is 1. The van der Waals surface area contributed by atoms with Crippen molar-refractivity contribution in [1.82, 2.24) is 9.97 Å². The molecule has 4 nitrogen and oxygen atoms in total. The van der Waals surface area contributed by atoms with E-state index in [-0.39, 0.29) is 6.04 Å². The Kier molecular flexibility index (Phi) is 2.42. The first-order chi connectivity index (χ1) is 4.84. The topological polar surface area (TPSA) is 63.9 Å². The second-order valence-corrected chi connectivity index (χ2v) is 2.04. The van der Waals surface area contributed by atoms with E-state index >= 15 is 0 Å². The molecule has 0 amide bonds. The molecule has 1 aromatic heterocycles. The molecule has 1 aromatic rings. The third kappa shape index (κ3) is 1.55. The lowest BCUT2D eigenvalue weighted by Gasteiger charge is -2.05. The number of methoxy groups -OCH3 is 1. The maximum absolute atomic E-state index is 5.63. The minimum absolute atomic E-state index is 0.139. The zero-order valence-electron chi connectivity index (χ0n) is 5.87. The van der Waals surface area contributed by atoms with Gasteiger partial charge in [0.25, 0.3) is 0 Å². The van der Waals surface area contributed by atoms with Gasteiger partial charge in [0.1, 0.15) is 5.82 Å². The molecular weight excluding hydrogens is 130 g/mol. The summed E-state index contributed by atoms with van der Waals surface area (Å²) >= 11 is 0. The average Bonchev–Trinajstić information content (AvgIpc) is 2.38. The quantitative estimate of drug-likeness (QED) is 0.625. The van der Waals surface area contributed by atoms with E-state index in [1.807, 2.05) is 0 Å². The molecule has 1 unspecified atom stereocenters. The van der Waals surface area contributed by atoms with E-state index in [1.165, 1.54) is 0 Å². The van der Waals surface area contributed by atoms with Gasteiger partial charge in [-0.3, -0.25) is 0 Å². The molecule has 0 bridgehead atoms. The van der Waals surface area contributed by atoms with Crippen molar-refractivity contribution < 1.29 is 4.74 Å². The lowest BCUT2D eigenvalue weighted by Crippen LogP contribution is -2.17. The maximum Gasteiger partial charge on any atom is 0.125 e. The Morgan fingerprint density at radius 1 is 1.90 bits per heavy atom. The van der Waals surface area contributed by atoms with E-state index in [0.717, 1.165) is 5.82 Å². The number of aromatic amines is 1. The predicted octanol–water partition coefficient (Wildman–Crippen LogP) is 0.0559. The third-order valence-electron chi connectivity index (χ3n) is 1.22. The van der Waals surface area contributed by atoms with Crippen LogP contribution in [0.2, 0.25) is 0 Å². The molecule has 0 aliphatic carbocycles. The van der Waals surface area contributed by atoms with Crippen molar-refractivity contribution in [1.29, 1.82) is 0 Å². The summed E-state index contributed by atoms with van der Waals surface area (Å²) in [5.41, 5.74) is 5.63. The molecule has 3 N–H and O–H groups in total. The Hall–Kier alpha value is -0.870. The van der Waals surface area contributed by atoms with Gasteiger partial charge in [0.05, 0.1) is 12.6 Å². The number of imidazole rings is 1. The summed E-state index contributed by atoms with van der Waals surface area (Å²) in [5, 5.41) is 0. The van der Waals surface area contributed by atoms with Gasteiger partial charge in [0.15, 0.2) is 0 Å². The van der Waals surface area contributed by atoms with Crippen molar-refractivity contribution in [2.75, 3.05) is 13.7 Å². The summed E-state index contributed by atoms with van der Waals surface area (Å²) in [6, 6.07) is -0.139. The van der Waals surface area contributed by atoms with Gasteiger partial charge in [-0.1, -0.05) is 0 Å². The van der Waals surface area contributed by atoms with Crippen LogP contribution in [0.15, 0.2) is 12.4 Å². The molecular formula is C6H11N3O. The van der Waals surface area contributed by atoms with Crippen LogP contribution in [0.5, 0.6) is 0 Å². The van der Waals surface area contributed by atoms with Gasteiger partial charge in [-0.2, -0.15) is 0 Å². The first kappa shape index (κ1) is 7.24. The van der Waals surface area contributed by atoms with Crippen LogP contribution in [0.1, 0.15) is 11.9 Å². The first-order valence-corrected chi connectivity index (χ1v) is 3.08. The molecule has 0 saturated carbocycles. The molecule has 1 heterocycles. The van der Waals surface area contributed by atoms with Crippen molar-refractivity contribution in [2.45, 2.75) is 6.04 Å². The molecule has 0 aromatic carbocycles. The highest BCUT2D eigenvalue weighted by Gasteiger charge is 2.05. The summed E-state index contributed by atoms with van der Waals surface area (Å²) in [7, 11) is 1.61. The second-order valence-electron chi connectivity index (χ2n) is 2.04. The minimum Gasteiger partial charge on any atom is -0.383 e. The zero-order chi connectivity index (χ0) is 7.40. The molecule has 0 aliphatic heterocycles. The van der Waals surface area contributed by atoms with Crippen LogP contribution in [-0.2, 0) is 4.74 Å². The van der Waals surface area contributed by atoms with Crippen LogP contribution < -0.4 is 5.73 Å². The van der Waals surface area contributed by atoms with E-state index in [4.69, 9.17) is 10.5 Å². The number of rotatable bonds is 3. The largest absolute Gasteiger partial charge is 0.383 e. The second kappa shape index (κ2) is 3.34. The number of nitrogens with two attached hydrogens (primary N) is 1. The van der Waals surface area contributed by atoms with Crippen molar-refractivity contribution >= 4 is 0 Å². The highest BCUT2D eigenvalue weighted by Crippen LogP contribution is 2.01. The van der Waals surface area contributed by atoms with Gasteiger partial charge in [-0.05, 0) is 0 Å². The Bertz CT molecular complexity index is 173. The first-order valence-electron chi connectivity index (χ1n) is 3.08. The summed E-state index contributed by atoms with van der Waals surface area (Å²) in [4.78, 5) is 6.88. The minimum atomic E-state index is -0.139. The predicted molar refractivity (Wildman–Crippen MR) is 37.4 cm³/mol. The number of ether oxygens (including phenoxy) is 1. The summed E-state index contributed by atoms with van der Waals surface area (Å²) in [6.07, 6.45) is 3.41. The lowest BCUT2D eigenvalue weighted by molar-refractivity contribution is 0.178. The maximum atomic E-state index is 5.63. The molecule has 1 rings (SSSR count). The van der Waals surface area contributed by atoms with Crippen molar-refractivity contribution in [3.8, 4) is 0 Å². The molecule has 0 radical (unpaired) electrons. The van der Waals surface area contributed by atoms with Crippen LogP contribution in [0.25, 0.3) is 0 Å². The van der Waals surface area contributed by atoms with E-state index in [2.05, 4.69) is 9.97 Å². The fraction of sp³-hybridized carbons (Fsp3) is 0.500. The van der Waals surface area contributed by atoms with Gasteiger partial charge in [-0.15, -0.1) is 0 Å². The van der Waals surface area contributed by atoms with Crippen molar-refractivity contribution in [3.63, 3.8) is 0 Å². The molecule has 4 heteroatoms. The van der Waals surface area contributed by atoms with Crippen LogP contribution in [0.4, 0.5) is 0 Å². The standard InChI is InChI=1S/C6H11N3O/c1-10-4-5(7)6-8-2-3-9-6/h2-3,5H,4,7H2,1H3,(H,8,9). The molecule has 0 saturated heterocycles. The van der Waals surface area contributed by atoms with Gasteiger partial charge < -0.3 is 15.5 Å². The Morgan fingerprint density at radius 2 is 2.70 bits per heavy atom. The summed E-state index contributed by atoms with van der Waals surface area (Å²) < 4.78 is 4.84. The number of nitrogens with one attached hydrogen (secondary N) is 1. The number of nitrogens with zero attached hydrogens (tertiary/aromatic N) is 1. The summed E-state index contributed by atoms with van der Waals surface area (Å²) in [5.74, 6) is 0.766. The highest BCUT2D eigenvalue weighted by molar-refractivity contribution is 4.93. The summed E-state index contributed by atoms with van der Waals surface area (Å²) in [6.45, 7) is 0.494. The van der Waals surface area contributed by atoms with Gasteiger partial charge >= 0.3 is 0 Å². The molecule has 0 aliphatic rings.